The number of hydrogen-bond acceptors (Lipinski definition) is 2. The first-order valence-electron chi connectivity index (χ1n) is 6.05. The number of nitrogen functional groups attached to an aromatic ring is 1. The quantitative estimate of drug-likeness (QED) is 0.940. The average molecular weight is 294 g/mol. The SMILES string of the molecule is CCC1(Cn2c(N)nc3cc(Br)ccc32)CC1. The normalized spacial score (nSPS) is 17.5. The summed E-state index contributed by atoms with van der Waals surface area (Å²) in [4.78, 5) is 4.43. The molecule has 0 saturated heterocycles. The molecule has 4 heteroatoms. The van der Waals surface area contributed by atoms with Gasteiger partial charge in [-0.1, -0.05) is 22.9 Å². The van der Waals surface area contributed by atoms with Crippen LogP contribution in [-0.4, -0.2) is 9.55 Å². The molecule has 1 heterocycles. The third-order valence-corrected chi connectivity index (χ3v) is 4.43. The minimum atomic E-state index is 0.481. The molecule has 0 aliphatic heterocycles. The molecule has 3 nitrogen and oxygen atoms in total. The Kier molecular flexibility index (Phi) is 2.43. The Bertz CT molecular complexity index is 569. The van der Waals surface area contributed by atoms with Crippen molar-refractivity contribution in [1.82, 2.24) is 9.55 Å². The van der Waals surface area contributed by atoms with Gasteiger partial charge in [0.05, 0.1) is 11.0 Å². The van der Waals surface area contributed by atoms with Crippen molar-refractivity contribution in [1.29, 1.82) is 0 Å². The van der Waals surface area contributed by atoms with Crippen molar-refractivity contribution in [3.8, 4) is 0 Å². The molecule has 1 aliphatic carbocycles. The monoisotopic (exact) mass is 293 g/mol. The molecular formula is C13H16BrN3. The predicted molar refractivity (Wildman–Crippen MR) is 73.8 cm³/mol. The number of benzene rings is 1. The van der Waals surface area contributed by atoms with Crippen LogP contribution in [0.4, 0.5) is 5.95 Å². The van der Waals surface area contributed by atoms with Crippen molar-refractivity contribution in [2.75, 3.05) is 5.73 Å². The minimum Gasteiger partial charge on any atom is -0.369 e. The summed E-state index contributed by atoms with van der Waals surface area (Å²) < 4.78 is 3.21. The van der Waals surface area contributed by atoms with Crippen LogP contribution in [0.15, 0.2) is 22.7 Å². The van der Waals surface area contributed by atoms with E-state index in [1.165, 1.54) is 19.3 Å². The standard InChI is InChI=1S/C13H16BrN3/c1-2-13(5-6-13)8-17-11-4-3-9(14)7-10(11)16-12(17)15/h3-4,7H,2,5-6,8H2,1H3,(H2,15,16). The molecule has 0 spiro atoms. The van der Waals surface area contributed by atoms with E-state index in [-0.39, 0.29) is 0 Å². The summed E-state index contributed by atoms with van der Waals surface area (Å²) in [5.41, 5.74) is 8.63. The van der Waals surface area contributed by atoms with Gasteiger partial charge >= 0.3 is 0 Å². The third-order valence-electron chi connectivity index (χ3n) is 3.94. The zero-order valence-corrected chi connectivity index (χ0v) is 11.5. The van der Waals surface area contributed by atoms with E-state index in [2.05, 4.69) is 38.5 Å². The number of anilines is 1. The number of nitrogens with two attached hydrogens (primary N) is 1. The molecular weight excluding hydrogens is 278 g/mol. The second kappa shape index (κ2) is 3.73. The van der Waals surface area contributed by atoms with Gasteiger partial charge < -0.3 is 10.3 Å². The molecule has 0 unspecified atom stereocenters. The van der Waals surface area contributed by atoms with Crippen molar-refractivity contribution in [3.05, 3.63) is 22.7 Å². The van der Waals surface area contributed by atoms with Crippen molar-refractivity contribution in [3.63, 3.8) is 0 Å². The molecule has 1 fully saturated rings. The number of hydrogen-bond donors (Lipinski definition) is 1. The van der Waals surface area contributed by atoms with Crippen LogP contribution in [0.25, 0.3) is 11.0 Å². The summed E-state index contributed by atoms with van der Waals surface area (Å²) in [6, 6.07) is 6.16. The molecule has 0 amide bonds. The molecule has 1 aromatic carbocycles. The highest BCUT2D eigenvalue weighted by molar-refractivity contribution is 9.10. The van der Waals surface area contributed by atoms with Gasteiger partial charge in [0, 0.05) is 11.0 Å². The molecule has 17 heavy (non-hydrogen) atoms. The largest absolute Gasteiger partial charge is 0.369 e. The first-order chi connectivity index (χ1) is 8.13. The zero-order valence-electron chi connectivity index (χ0n) is 9.91. The Balaban J connectivity index is 2.06. The summed E-state index contributed by atoms with van der Waals surface area (Å²) in [7, 11) is 0. The maximum Gasteiger partial charge on any atom is 0.201 e. The molecule has 90 valence electrons. The molecule has 2 aromatic rings. The van der Waals surface area contributed by atoms with Crippen molar-refractivity contribution >= 4 is 32.9 Å². The lowest BCUT2D eigenvalue weighted by molar-refractivity contribution is 0.418. The number of rotatable bonds is 3. The molecule has 0 atom stereocenters. The van der Waals surface area contributed by atoms with Gasteiger partial charge in [0.1, 0.15) is 0 Å². The lowest BCUT2D eigenvalue weighted by Gasteiger charge is -2.15. The summed E-state index contributed by atoms with van der Waals surface area (Å²) in [6.45, 7) is 3.27. The summed E-state index contributed by atoms with van der Waals surface area (Å²) in [5, 5.41) is 0. The fourth-order valence-electron chi connectivity index (χ4n) is 2.42. The fraction of sp³-hybridized carbons (Fsp3) is 0.462. The first-order valence-corrected chi connectivity index (χ1v) is 6.84. The van der Waals surface area contributed by atoms with Gasteiger partial charge in [0.25, 0.3) is 0 Å². The Morgan fingerprint density at radius 1 is 1.47 bits per heavy atom. The topological polar surface area (TPSA) is 43.8 Å². The van der Waals surface area contributed by atoms with E-state index in [1.807, 2.05) is 12.1 Å². The highest BCUT2D eigenvalue weighted by Crippen LogP contribution is 2.50. The van der Waals surface area contributed by atoms with Crippen molar-refractivity contribution < 1.29 is 0 Å². The smallest absolute Gasteiger partial charge is 0.201 e. The number of aromatic nitrogens is 2. The van der Waals surface area contributed by atoms with Crippen LogP contribution in [0.3, 0.4) is 0 Å². The Morgan fingerprint density at radius 2 is 2.24 bits per heavy atom. The molecule has 0 bridgehead atoms. The van der Waals surface area contributed by atoms with Gasteiger partial charge in [-0.25, -0.2) is 4.98 Å². The zero-order chi connectivity index (χ0) is 12.0. The van der Waals surface area contributed by atoms with E-state index in [0.29, 0.717) is 11.4 Å². The second-order valence-electron chi connectivity index (χ2n) is 5.04. The van der Waals surface area contributed by atoms with E-state index in [1.54, 1.807) is 0 Å². The van der Waals surface area contributed by atoms with E-state index >= 15 is 0 Å². The van der Waals surface area contributed by atoms with Crippen molar-refractivity contribution in [2.24, 2.45) is 5.41 Å². The first kappa shape index (κ1) is 11.1. The van der Waals surface area contributed by atoms with E-state index in [0.717, 1.165) is 22.1 Å². The van der Waals surface area contributed by atoms with Crippen LogP contribution in [0.2, 0.25) is 0 Å². The lowest BCUT2D eigenvalue weighted by Crippen LogP contribution is -2.12. The van der Waals surface area contributed by atoms with Gasteiger partial charge in [-0.15, -0.1) is 0 Å². The highest BCUT2D eigenvalue weighted by atomic mass is 79.9. The Labute approximate surface area is 109 Å². The maximum absolute atomic E-state index is 6.03. The molecule has 1 aromatic heterocycles. The summed E-state index contributed by atoms with van der Waals surface area (Å²) >= 11 is 3.46. The minimum absolute atomic E-state index is 0.481. The van der Waals surface area contributed by atoms with Crippen LogP contribution >= 0.6 is 15.9 Å². The van der Waals surface area contributed by atoms with Crippen LogP contribution < -0.4 is 5.73 Å². The van der Waals surface area contributed by atoms with Gasteiger partial charge in [-0.05, 0) is 42.9 Å². The van der Waals surface area contributed by atoms with Crippen LogP contribution in [0.1, 0.15) is 26.2 Å². The highest BCUT2D eigenvalue weighted by Gasteiger charge is 2.41. The molecule has 0 radical (unpaired) electrons. The molecule has 1 aliphatic rings. The lowest BCUT2D eigenvalue weighted by atomic mass is 10.0. The maximum atomic E-state index is 6.03. The van der Waals surface area contributed by atoms with Gasteiger partial charge in [-0.2, -0.15) is 0 Å². The molecule has 3 rings (SSSR count). The number of nitrogens with zero attached hydrogens (tertiary/aromatic N) is 2. The van der Waals surface area contributed by atoms with Crippen LogP contribution in [-0.2, 0) is 6.54 Å². The summed E-state index contributed by atoms with van der Waals surface area (Å²) in [6.07, 6.45) is 3.86. The van der Waals surface area contributed by atoms with Gasteiger partial charge in [0.15, 0.2) is 0 Å². The Hall–Kier alpha value is -1.03. The van der Waals surface area contributed by atoms with Crippen molar-refractivity contribution in [2.45, 2.75) is 32.7 Å². The van der Waals surface area contributed by atoms with E-state index in [4.69, 9.17) is 5.73 Å². The number of fused-ring (bicyclic) bond motifs is 1. The average Bonchev–Trinajstić information content (AvgIpc) is 3.01. The van der Waals surface area contributed by atoms with E-state index < -0.39 is 0 Å². The van der Waals surface area contributed by atoms with Gasteiger partial charge in [-0.3, -0.25) is 0 Å². The molecule has 2 N–H and O–H groups in total. The second-order valence-corrected chi connectivity index (χ2v) is 5.96. The fourth-order valence-corrected chi connectivity index (χ4v) is 2.77. The molecule has 1 saturated carbocycles. The Morgan fingerprint density at radius 3 is 2.88 bits per heavy atom. The summed E-state index contributed by atoms with van der Waals surface area (Å²) in [5.74, 6) is 0.637. The van der Waals surface area contributed by atoms with Crippen LogP contribution in [0, 0.1) is 5.41 Å². The van der Waals surface area contributed by atoms with E-state index in [9.17, 15) is 0 Å². The number of imidazole rings is 1. The van der Waals surface area contributed by atoms with Gasteiger partial charge in [0.2, 0.25) is 5.95 Å². The predicted octanol–water partition coefficient (Wildman–Crippen LogP) is 3.57. The van der Waals surface area contributed by atoms with Crippen LogP contribution in [0.5, 0.6) is 0 Å². The third kappa shape index (κ3) is 1.84. The number of halogens is 1.